The van der Waals surface area contributed by atoms with Crippen LogP contribution < -0.4 is 5.32 Å². The summed E-state index contributed by atoms with van der Waals surface area (Å²) in [6.07, 6.45) is 2.91. The van der Waals surface area contributed by atoms with E-state index in [0.717, 1.165) is 64.1 Å². The Morgan fingerprint density at radius 1 is 1.08 bits per heavy atom. The minimum atomic E-state index is -0.402. The summed E-state index contributed by atoms with van der Waals surface area (Å²) in [4.78, 5) is 34.4. The smallest absolute Gasteiger partial charge is 0.340 e. The largest absolute Gasteiger partial charge is 0.465 e. The van der Waals surface area contributed by atoms with Gasteiger partial charge < -0.3 is 14.9 Å². The van der Waals surface area contributed by atoms with Crippen LogP contribution in [0.25, 0.3) is 27.8 Å². The van der Waals surface area contributed by atoms with E-state index >= 15 is 0 Å². The van der Waals surface area contributed by atoms with E-state index in [4.69, 9.17) is 14.6 Å². The van der Waals surface area contributed by atoms with Gasteiger partial charge in [-0.15, -0.1) is 0 Å². The number of oxime groups is 1. The van der Waals surface area contributed by atoms with Crippen molar-refractivity contribution in [2.45, 2.75) is 33.1 Å². The zero-order valence-electron chi connectivity index (χ0n) is 21.1. The molecule has 0 bridgehead atoms. The number of aromatic nitrogens is 2. The molecule has 4 aromatic rings. The maximum Gasteiger partial charge on any atom is 0.340 e. The molecule has 3 aromatic carbocycles. The lowest BCUT2D eigenvalue weighted by Crippen LogP contribution is -2.38. The second kappa shape index (κ2) is 10.3. The summed E-state index contributed by atoms with van der Waals surface area (Å²) in [7, 11) is 1.38. The summed E-state index contributed by atoms with van der Waals surface area (Å²) in [5.41, 5.74) is 6.77. The number of para-hydroxylation sites is 1. The molecule has 0 unspecified atom stereocenters. The Hall–Kier alpha value is -4.46. The SMILES string of the molecule is CCCCc1cc(-n2c(C)nc3cccc(C(=O)OC)c32)ccc1-c1ccccc1C1=NOCC(=O)N1. The predicted molar refractivity (Wildman–Crippen MR) is 142 cm³/mol. The summed E-state index contributed by atoms with van der Waals surface area (Å²) in [6.45, 7) is 4.00. The maximum atomic E-state index is 12.6. The predicted octanol–water partition coefficient (Wildman–Crippen LogP) is 4.94. The molecule has 1 aromatic heterocycles. The van der Waals surface area contributed by atoms with Gasteiger partial charge in [-0.3, -0.25) is 9.36 Å². The zero-order valence-corrected chi connectivity index (χ0v) is 21.1. The molecule has 0 radical (unpaired) electrons. The Labute approximate surface area is 214 Å². The molecule has 2 heterocycles. The maximum absolute atomic E-state index is 12.6. The number of unbranched alkanes of at least 4 members (excludes halogenated alkanes) is 1. The number of esters is 1. The normalized spacial score (nSPS) is 13.2. The van der Waals surface area contributed by atoms with Gasteiger partial charge in [0.2, 0.25) is 0 Å². The molecule has 5 rings (SSSR count). The van der Waals surface area contributed by atoms with E-state index in [-0.39, 0.29) is 12.5 Å². The summed E-state index contributed by atoms with van der Waals surface area (Å²) in [5.74, 6) is 0.542. The molecule has 0 aliphatic carbocycles. The van der Waals surface area contributed by atoms with Crippen molar-refractivity contribution < 1.29 is 19.2 Å². The van der Waals surface area contributed by atoms with Crippen LogP contribution in [0, 0.1) is 6.92 Å². The molecule has 8 nitrogen and oxygen atoms in total. The third-order valence-corrected chi connectivity index (χ3v) is 6.48. The quantitative estimate of drug-likeness (QED) is 0.366. The second-order valence-electron chi connectivity index (χ2n) is 8.91. The van der Waals surface area contributed by atoms with Crippen molar-refractivity contribution in [1.82, 2.24) is 14.9 Å². The number of rotatable bonds is 7. The van der Waals surface area contributed by atoms with Crippen LogP contribution in [-0.2, 0) is 20.8 Å². The van der Waals surface area contributed by atoms with Gasteiger partial charge in [0, 0.05) is 11.3 Å². The number of ether oxygens (including phenoxy) is 1. The highest BCUT2D eigenvalue weighted by molar-refractivity contribution is 6.12. The molecule has 0 saturated heterocycles. The fourth-order valence-electron chi connectivity index (χ4n) is 4.78. The van der Waals surface area contributed by atoms with Crippen LogP contribution in [0.2, 0.25) is 0 Å². The Balaban J connectivity index is 1.68. The van der Waals surface area contributed by atoms with Crippen molar-refractivity contribution >= 4 is 28.7 Å². The molecule has 0 spiro atoms. The standard InChI is InChI=1S/C29H28N4O4/c1-4-5-9-19-16-20(33-18(2)30-25-13-8-12-24(27(25)33)29(35)36-3)14-15-21(19)22-10-6-7-11-23(22)28-31-26(34)17-37-32-28/h6-8,10-16H,4-5,9,17H2,1-3H3,(H,31,32,34). The Morgan fingerprint density at radius 2 is 1.89 bits per heavy atom. The number of carbonyl (C=O) groups is 2. The van der Waals surface area contributed by atoms with Crippen LogP contribution in [-0.4, -0.2) is 41.0 Å². The van der Waals surface area contributed by atoms with Gasteiger partial charge >= 0.3 is 5.97 Å². The van der Waals surface area contributed by atoms with Crippen LogP contribution in [0.15, 0.2) is 65.8 Å². The molecule has 8 heteroatoms. The molecule has 1 N–H and O–H groups in total. The van der Waals surface area contributed by atoms with E-state index in [9.17, 15) is 9.59 Å². The molecular formula is C29H28N4O4. The van der Waals surface area contributed by atoms with Crippen LogP contribution in [0.3, 0.4) is 0 Å². The number of carbonyl (C=O) groups excluding carboxylic acids is 2. The number of nitrogens with zero attached hydrogens (tertiary/aromatic N) is 3. The lowest BCUT2D eigenvalue weighted by Gasteiger charge is -2.19. The summed E-state index contributed by atoms with van der Waals surface area (Å²) >= 11 is 0. The third kappa shape index (κ3) is 4.58. The van der Waals surface area contributed by atoms with E-state index < -0.39 is 5.97 Å². The fourth-order valence-corrected chi connectivity index (χ4v) is 4.78. The lowest BCUT2D eigenvalue weighted by molar-refractivity contribution is -0.125. The van der Waals surface area contributed by atoms with Gasteiger partial charge in [-0.05, 0) is 60.7 Å². The van der Waals surface area contributed by atoms with Crippen molar-refractivity contribution in [3.63, 3.8) is 0 Å². The number of nitrogens with one attached hydrogen (secondary N) is 1. The van der Waals surface area contributed by atoms with Crippen molar-refractivity contribution in [2.75, 3.05) is 13.7 Å². The minimum absolute atomic E-state index is 0.0894. The van der Waals surface area contributed by atoms with Gasteiger partial charge in [0.05, 0.1) is 23.7 Å². The average Bonchev–Trinajstić information content (AvgIpc) is 3.27. The topological polar surface area (TPSA) is 94.8 Å². The van der Waals surface area contributed by atoms with E-state index in [1.807, 2.05) is 54.0 Å². The van der Waals surface area contributed by atoms with E-state index in [0.29, 0.717) is 11.4 Å². The highest BCUT2D eigenvalue weighted by Gasteiger charge is 2.21. The molecular weight excluding hydrogens is 468 g/mol. The molecule has 37 heavy (non-hydrogen) atoms. The lowest BCUT2D eigenvalue weighted by atomic mass is 9.92. The first-order valence-electron chi connectivity index (χ1n) is 12.3. The van der Waals surface area contributed by atoms with Gasteiger partial charge in [-0.25, -0.2) is 9.78 Å². The van der Waals surface area contributed by atoms with Gasteiger partial charge in [-0.2, -0.15) is 0 Å². The monoisotopic (exact) mass is 496 g/mol. The number of methoxy groups -OCH3 is 1. The number of aryl methyl sites for hydroxylation is 2. The Morgan fingerprint density at radius 3 is 2.65 bits per heavy atom. The van der Waals surface area contributed by atoms with Gasteiger partial charge in [0.25, 0.3) is 5.91 Å². The Bertz CT molecular complexity index is 1540. The first-order valence-corrected chi connectivity index (χ1v) is 12.3. The van der Waals surface area contributed by atoms with Gasteiger partial charge in [0.15, 0.2) is 12.4 Å². The van der Waals surface area contributed by atoms with Crippen molar-refractivity contribution in [2.24, 2.45) is 5.16 Å². The van der Waals surface area contributed by atoms with Crippen LogP contribution in [0.4, 0.5) is 0 Å². The van der Waals surface area contributed by atoms with E-state index in [2.05, 4.69) is 29.5 Å². The third-order valence-electron chi connectivity index (χ3n) is 6.48. The number of imidazole rings is 1. The number of hydrogen-bond donors (Lipinski definition) is 1. The van der Waals surface area contributed by atoms with Gasteiger partial charge in [0.1, 0.15) is 5.82 Å². The zero-order chi connectivity index (χ0) is 25.9. The number of benzene rings is 3. The first kappa shape index (κ1) is 24.2. The van der Waals surface area contributed by atoms with E-state index in [1.54, 1.807) is 6.07 Å². The van der Waals surface area contributed by atoms with Crippen LogP contribution >= 0.6 is 0 Å². The highest BCUT2D eigenvalue weighted by atomic mass is 16.6. The van der Waals surface area contributed by atoms with Gasteiger partial charge in [-0.1, -0.05) is 54.9 Å². The number of amides is 1. The number of fused-ring (bicyclic) bond motifs is 1. The molecule has 1 amide bonds. The summed E-state index contributed by atoms with van der Waals surface area (Å²) in [5, 5.41) is 6.91. The summed E-state index contributed by atoms with van der Waals surface area (Å²) in [6, 6.07) is 19.6. The molecule has 0 atom stereocenters. The number of amidine groups is 1. The van der Waals surface area contributed by atoms with Crippen molar-refractivity contribution in [3.05, 3.63) is 83.2 Å². The molecule has 0 saturated carbocycles. The van der Waals surface area contributed by atoms with Crippen molar-refractivity contribution in [3.8, 4) is 16.8 Å². The van der Waals surface area contributed by atoms with E-state index in [1.165, 1.54) is 7.11 Å². The van der Waals surface area contributed by atoms with Crippen LogP contribution in [0.5, 0.6) is 0 Å². The molecule has 1 aliphatic rings. The van der Waals surface area contributed by atoms with Crippen molar-refractivity contribution in [1.29, 1.82) is 0 Å². The number of hydrogen-bond acceptors (Lipinski definition) is 6. The molecule has 1 aliphatic heterocycles. The second-order valence-corrected chi connectivity index (χ2v) is 8.91. The average molecular weight is 497 g/mol. The van der Waals surface area contributed by atoms with Crippen LogP contribution in [0.1, 0.15) is 47.1 Å². The molecule has 0 fully saturated rings. The summed E-state index contributed by atoms with van der Waals surface area (Å²) < 4.78 is 7.05. The Kier molecular flexibility index (Phi) is 6.72. The fraction of sp³-hybridized carbons (Fsp3) is 0.241. The highest BCUT2D eigenvalue weighted by Crippen LogP contribution is 2.33. The first-order chi connectivity index (χ1) is 18.0. The minimum Gasteiger partial charge on any atom is -0.465 e. The molecule has 188 valence electrons.